The molecular formula is C44H45F2N5O5S. The number of nitrogens with two attached hydrogens (primary N) is 1. The number of fused-ring (bicyclic) bond motifs is 2. The largest absolute Gasteiger partial charge is 0.389 e. The summed E-state index contributed by atoms with van der Waals surface area (Å²) < 4.78 is 36.0. The van der Waals surface area contributed by atoms with Crippen LogP contribution >= 0.6 is 12.2 Å². The highest BCUT2D eigenvalue weighted by atomic mass is 32.1. The van der Waals surface area contributed by atoms with Gasteiger partial charge in [0.1, 0.15) is 11.0 Å². The molecule has 296 valence electrons. The fourth-order valence-corrected chi connectivity index (χ4v) is 8.07. The number of carbonyl (C=O) groups is 4. The second-order valence-corrected chi connectivity index (χ2v) is 15.4. The number of ether oxygens (including phenoxy) is 1. The molecule has 2 fully saturated rings. The van der Waals surface area contributed by atoms with E-state index < -0.39 is 17.9 Å². The van der Waals surface area contributed by atoms with Gasteiger partial charge in [0.2, 0.25) is 23.6 Å². The van der Waals surface area contributed by atoms with Gasteiger partial charge in [0, 0.05) is 97.4 Å². The molecule has 0 radical (unpaired) electrons. The van der Waals surface area contributed by atoms with Crippen LogP contribution in [0.15, 0.2) is 66.9 Å². The number of nitrogens with zero attached hydrogens (tertiary/aromatic N) is 2. The monoisotopic (exact) mass is 793 g/mol. The molecular weight excluding hydrogens is 749 g/mol. The third-order valence-electron chi connectivity index (χ3n) is 11.0. The highest BCUT2D eigenvalue weighted by molar-refractivity contribution is 7.80. The molecule has 1 unspecified atom stereocenters. The van der Waals surface area contributed by atoms with Gasteiger partial charge < -0.3 is 25.3 Å². The number of hydrogen-bond acceptors (Lipinski definition) is 6. The van der Waals surface area contributed by atoms with Gasteiger partial charge in [-0.1, -0.05) is 54.4 Å². The molecule has 57 heavy (non-hydrogen) atoms. The summed E-state index contributed by atoms with van der Waals surface area (Å²) in [6.07, 6.45) is 5.97. The Bertz CT molecular complexity index is 2280. The van der Waals surface area contributed by atoms with Gasteiger partial charge in [0.25, 0.3) is 5.91 Å². The number of benzene rings is 3. The van der Waals surface area contributed by atoms with Crippen molar-refractivity contribution in [3.63, 3.8) is 0 Å². The lowest BCUT2D eigenvalue weighted by molar-refractivity contribution is -0.137. The van der Waals surface area contributed by atoms with Gasteiger partial charge in [-0.15, -0.1) is 0 Å². The van der Waals surface area contributed by atoms with Crippen LogP contribution in [0.25, 0.3) is 22.0 Å². The van der Waals surface area contributed by atoms with E-state index in [2.05, 4.69) is 27.0 Å². The van der Waals surface area contributed by atoms with Gasteiger partial charge in [0.05, 0.1) is 5.52 Å². The summed E-state index contributed by atoms with van der Waals surface area (Å²) in [7, 11) is 0. The number of carbonyl (C=O) groups excluding carboxylic acids is 4. The maximum Gasteiger partial charge on any atom is 0.255 e. The Hall–Kier alpha value is -5.45. The van der Waals surface area contributed by atoms with Crippen LogP contribution in [0.1, 0.15) is 104 Å². The molecule has 2 aliphatic heterocycles. The van der Waals surface area contributed by atoms with Gasteiger partial charge in [-0.2, -0.15) is 0 Å². The van der Waals surface area contributed by atoms with Crippen molar-refractivity contribution in [1.29, 1.82) is 0 Å². The summed E-state index contributed by atoms with van der Waals surface area (Å²) >= 11 is 5.20. The zero-order valence-electron chi connectivity index (χ0n) is 31.6. The first kappa shape index (κ1) is 39.8. The quantitative estimate of drug-likeness (QED) is 0.0556. The Kier molecular flexibility index (Phi) is 12.1. The van der Waals surface area contributed by atoms with Gasteiger partial charge in [-0.3, -0.25) is 24.5 Å². The van der Waals surface area contributed by atoms with Crippen LogP contribution in [0.3, 0.4) is 0 Å². The molecule has 1 aliphatic carbocycles. The van der Waals surface area contributed by atoms with Crippen molar-refractivity contribution in [3.8, 4) is 23.0 Å². The predicted octanol–water partition coefficient (Wildman–Crippen LogP) is 7.41. The Morgan fingerprint density at radius 1 is 0.982 bits per heavy atom. The van der Waals surface area contributed by atoms with Crippen molar-refractivity contribution in [2.45, 2.75) is 95.2 Å². The summed E-state index contributed by atoms with van der Waals surface area (Å²) in [5, 5.41) is 6.29. The first-order valence-electron chi connectivity index (χ1n) is 19.5. The maximum absolute atomic E-state index is 14.1. The number of halogens is 2. The van der Waals surface area contributed by atoms with Gasteiger partial charge in [0.15, 0.2) is 0 Å². The number of anilines is 1. The number of unbranched alkanes of at least 4 members (excludes halogenated alkanes) is 2. The second kappa shape index (κ2) is 17.4. The number of imide groups is 1. The van der Waals surface area contributed by atoms with Crippen LogP contribution in [0.4, 0.5) is 14.5 Å². The van der Waals surface area contributed by atoms with Gasteiger partial charge >= 0.3 is 0 Å². The number of nitrogens with one attached hydrogen (secondary N) is 2. The van der Waals surface area contributed by atoms with E-state index in [9.17, 15) is 28.0 Å². The van der Waals surface area contributed by atoms with Crippen LogP contribution in [0.2, 0.25) is 0 Å². The molecule has 3 aliphatic rings. The number of piperidine rings is 1. The lowest BCUT2D eigenvalue weighted by Crippen LogP contribution is -2.52. The van der Waals surface area contributed by atoms with Crippen molar-refractivity contribution in [3.05, 3.63) is 89.1 Å². The number of thiocarbonyl (C=S) groups is 1. The van der Waals surface area contributed by atoms with Crippen molar-refractivity contribution in [1.82, 2.24) is 14.8 Å². The molecule has 4 N–H and O–H groups in total. The standard InChI is InChI=1S/C44H45F2N5O5S/c45-44(46)20-18-32(19-21-44)50-26-36(29-10-6-11-30(24-29)41(47)57)33-15-14-31(25-38(33)50)48-39(52)13-3-5-23-56-22-4-1-2-8-28-9-7-12-34-35(28)27-51(43(34)55)37-16-17-40(53)49-42(37)54/h6-7,9-12,14-15,24-26,32,37H,1,3-5,13,16-23,27H2,(H2,47,57)(H,48,52)(H,49,53,54). The molecule has 7 rings (SSSR count). The fourth-order valence-electron chi connectivity index (χ4n) is 7.94. The van der Waals surface area contributed by atoms with E-state index in [4.69, 9.17) is 22.7 Å². The number of rotatable bonds is 13. The molecule has 1 saturated carbocycles. The molecule has 3 aromatic carbocycles. The van der Waals surface area contributed by atoms with Crippen LogP contribution < -0.4 is 16.4 Å². The van der Waals surface area contributed by atoms with E-state index in [1.165, 1.54) is 4.90 Å². The second-order valence-electron chi connectivity index (χ2n) is 15.0. The van der Waals surface area contributed by atoms with E-state index in [0.29, 0.717) is 68.0 Å². The maximum atomic E-state index is 14.1. The van der Waals surface area contributed by atoms with E-state index in [0.717, 1.165) is 51.6 Å². The Labute approximate surface area is 335 Å². The highest BCUT2D eigenvalue weighted by Crippen LogP contribution is 2.42. The number of alkyl halides is 2. The summed E-state index contributed by atoms with van der Waals surface area (Å²) in [5.41, 5.74) is 12.1. The lowest BCUT2D eigenvalue weighted by atomic mass is 9.92. The summed E-state index contributed by atoms with van der Waals surface area (Å²) in [4.78, 5) is 51.8. The van der Waals surface area contributed by atoms with Crippen LogP contribution in [-0.2, 0) is 25.7 Å². The average Bonchev–Trinajstić information content (AvgIpc) is 3.73. The summed E-state index contributed by atoms with van der Waals surface area (Å²) in [6, 6.07) is 18.1. The first-order valence-corrected chi connectivity index (χ1v) is 19.9. The van der Waals surface area contributed by atoms with Gasteiger partial charge in [-0.05, 0) is 80.0 Å². The van der Waals surface area contributed by atoms with Crippen molar-refractivity contribution < 1.29 is 32.7 Å². The summed E-state index contributed by atoms with van der Waals surface area (Å²) in [6.45, 7) is 1.33. The van der Waals surface area contributed by atoms with Crippen molar-refractivity contribution >= 4 is 57.4 Å². The molecule has 10 nitrogen and oxygen atoms in total. The van der Waals surface area contributed by atoms with Crippen molar-refractivity contribution in [2.24, 2.45) is 5.73 Å². The molecule has 1 atom stereocenters. The fraction of sp³-hybridized carbons (Fsp3) is 0.386. The van der Waals surface area contributed by atoms with E-state index in [1.54, 1.807) is 12.1 Å². The Morgan fingerprint density at radius 3 is 2.56 bits per heavy atom. The molecule has 1 saturated heterocycles. The molecule has 0 bridgehead atoms. The number of aromatic nitrogens is 1. The Morgan fingerprint density at radius 2 is 1.77 bits per heavy atom. The highest BCUT2D eigenvalue weighted by Gasteiger charge is 2.40. The smallest absolute Gasteiger partial charge is 0.255 e. The molecule has 0 spiro atoms. The van der Waals surface area contributed by atoms with Gasteiger partial charge in [-0.25, -0.2) is 8.78 Å². The number of hydrogen-bond donors (Lipinski definition) is 3. The summed E-state index contributed by atoms with van der Waals surface area (Å²) in [5.74, 6) is 2.61. The van der Waals surface area contributed by atoms with E-state index >= 15 is 0 Å². The van der Waals surface area contributed by atoms with Crippen LogP contribution in [0, 0.1) is 11.8 Å². The first-order chi connectivity index (χ1) is 27.5. The zero-order chi connectivity index (χ0) is 40.1. The average molecular weight is 794 g/mol. The Balaban J connectivity index is 0.868. The van der Waals surface area contributed by atoms with E-state index in [-0.39, 0.29) is 49.6 Å². The number of amides is 4. The van der Waals surface area contributed by atoms with Crippen LogP contribution in [-0.4, -0.2) is 63.3 Å². The lowest BCUT2D eigenvalue weighted by Gasteiger charge is -2.29. The third-order valence-corrected chi connectivity index (χ3v) is 11.2. The minimum absolute atomic E-state index is 0.0888. The minimum Gasteiger partial charge on any atom is -0.389 e. The molecule has 4 aromatic rings. The predicted molar refractivity (Wildman–Crippen MR) is 218 cm³/mol. The topological polar surface area (TPSA) is 136 Å². The third kappa shape index (κ3) is 9.24. The van der Waals surface area contributed by atoms with Crippen LogP contribution in [0.5, 0.6) is 0 Å². The molecule has 3 heterocycles. The zero-order valence-corrected chi connectivity index (χ0v) is 32.4. The molecule has 13 heteroatoms. The normalized spacial score (nSPS) is 17.9. The minimum atomic E-state index is -2.65. The molecule has 1 aromatic heterocycles. The van der Waals surface area contributed by atoms with Crippen molar-refractivity contribution in [2.75, 3.05) is 18.5 Å². The SMILES string of the molecule is NC(=S)c1cccc(-c2cn(C3CCC(F)(F)CC3)c3cc(NC(=O)CCCCOCCCC#Cc4cccc5c4CN(C4CCC(=O)NC4=O)C5=O)ccc23)c1. The van der Waals surface area contributed by atoms with E-state index in [1.807, 2.05) is 54.7 Å². The molecule has 4 amide bonds.